The van der Waals surface area contributed by atoms with Gasteiger partial charge in [-0.05, 0) is 18.8 Å². The lowest BCUT2D eigenvalue weighted by atomic mass is 10.0. The Morgan fingerprint density at radius 1 is 1.67 bits per heavy atom. The molecule has 2 heterocycles. The summed E-state index contributed by atoms with van der Waals surface area (Å²) in [4.78, 5) is 17.4. The highest BCUT2D eigenvalue weighted by atomic mass is 32.1. The lowest BCUT2D eigenvalue weighted by Gasteiger charge is -2.14. The summed E-state index contributed by atoms with van der Waals surface area (Å²) in [6.07, 6.45) is 4.52. The molecule has 1 saturated heterocycles. The third-order valence-corrected chi connectivity index (χ3v) is 4.34. The molecule has 1 fully saturated rings. The SMILES string of the molecule is CCCC1CCN(c2nc(CCC(=O)O)cs2)C1. The summed E-state index contributed by atoms with van der Waals surface area (Å²) >= 11 is 1.64. The summed E-state index contributed by atoms with van der Waals surface area (Å²) in [7, 11) is 0. The summed E-state index contributed by atoms with van der Waals surface area (Å²) < 4.78 is 0. The highest BCUT2D eigenvalue weighted by Gasteiger charge is 2.23. The molecule has 18 heavy (non-hydrogen) atoms. The van der Waals surface area contributed by atoms with Gasteiger partial charge in [0.25, 0.3) is 0 Å². The van der Waals surface area contributed by atoms with Crippen LogP contribution in [0, 0.1) is 5.92 Å². The summed E-state index contributed by atoms with van der Waals surface area (Å²) in [6, 6.07) is 0. The van der Waals surface area contributed by atoms with Crippen LogP contribution in [0.2, 0.25) is 0 Å². The molecular weight excluding hydrogens is 248 g/mol. The zero-order valence-corrected chi connectivity index (χ0v) is 11.6. The van der Waals surface area contributed by atoms with Gasteiger partial charge >= 0.3 is 5.97 Å². The number of rotatable bonds is 6. The van der Waals surface area contributed by atoms with Crippen LogP contribution in [0.5, 0.6) is 0 Å². The van der Waals surface area contributed by atoms with Crippen molar-refractivity contribution in [3.8, 4) is 0 Å². The second kappa shape index (κ2) is 6.18. The van der Waals surface area contributed by atoms with Gasteiger partial charge in [-0.25, -0.2) is 4.98 Å². The van der Waals surface area contributed by atoms with Gasteiger partial charge in [0, 0.05) is 24.9 Å². The molecular formula is C13H20N2O2S. The fourth-order valence-corrected chi connectivity index (χ4v) is 3.34. The predicted octanol–water partition coefficient (Wildman–Crippen LogP) is 2.79. The zero-order chi connectivity index (χ0) is 13.0. The molecule has 4 nitrogen and oxygen atoms in total. The molecule has 1 atom stereocenters. The minimum atomic E-state index is -0.756. The number of aliphatic carboxylic acids is 1. The molecule has 0 aromatic carbocycles. The molecule has 1 aliphatic heterocycles. The van der Waals surface area contributed by atoms with Crippen molar-refractivity contribution in [3.63, 3.8) is 0 Å². The van der Waals surface area contributed by atoms with Crippen molar-refractivity contribution >= 4 is 22.4 Å². The first-order valence-corrected chi connectivity index (χ1v) is 7.48. The Labute approximate surface area is 112 Å². The summed E-state index contributed by atoms with van der Waals surface area (Å²) in [5, 5.41) is 11.7. The van der Waals surface area contributed by atoms with E-state index < -0.39 is 5.97 Å². The van der Waals surface area contributed by atoms with Gasteiger partial charge < -0.3 is 10.0 Å². The number of hydrogen-bond acceptors (Lipinski definition) is 4. The van der Waals surface area contributed by atoms with E-state index >= 15 is 0 Å². The summed E-state index contributed by atoms with van der Waals surface area (Å²) in [5.41, 5.74) is 0.913. The Balaban J connectivity index is 1.88. The number of aryl methyl sites for hydroxylation is 1. The van der Waals surface area contributed by atoms with Crippen molar-refractivity contribution in [2.45, 2.75) is 39.0 Å². The number of anilines is 1. The Bertz CT molecular complexity index is 405. The maximum Gasteiger partial charge on any atom is 0.303 e. The molecule has 0 saturated carbocycles. The van der Waals surface area contributed by atoms with Crippen molar-refractivity contribution in [2.24, 2.45) is 5.92 Å². The highest BCUT2D eigenvalue weighted by Crippen LogP contribution is 2.29. The molecule has 0 radical (unpaired) electrons. The van der Waals surface area contributed by atoms with Crippen molar-refractivity contribution in [1.82, 2.24) is 4.98 Å². The number of carbonyl (C=O) groups is 1. The van der Waals surface area contributed by atoms with Crippen molar-refractivity contribution in [3.05, 3.63) is 11.1 Å². The Morgan fingerprint density at radius 3 is 3.22 bits per heavy atom. The van der Waals surface area contributed by atoms with Crippen LogP contribution in [0.15, 0.2) is 5.38 Å². The minimum Gasteiger partial charge on any atom is -0.481 e. The molecule has 0 aliphatic carbocycles. The van der Waals surface area contributed by atoms with Crippen molar-refractivity contribution in [1.29, 1.82) is 0 Å². The monoisotopic (exact) mass is 268 g/mol. The van der Waals surface area contributed by atoms with Gasteiger partial charge in [-0.15, -0.1) is 11.3 Å². The molecule has 0 bridgehead atoms. The first-order valence-electron chi connectivity index (χ1n) is 6.60. The molecule has 1 aromatic heterocycles. The van der Waals surface area contributed by atoms with E-state index in [-0.39, 0.29) is 6.42 Å². The van der Waals surface area contributed by atoms with Crippen LogP contribution in [-0.4, -0.2) is 29.1 Å². The average Bonchev–Trinajstić information content (AvgIpc) is 2.94. The molecule has 1 aliphatic rings. The van der Waals surface area contributed by atoms with Gasteiger partial charge in [0.1, 0.15) is 0 Å². The van der Waals surface area contributed by atoms with E-state index in [9.17, 15) is 4.79 Å². The number of carboxylic acid groups (broad SMARTS) is 1. The molecule has 2 rings (SSSR count). The molecule has 0 amide bonds. The number of hydrogen-bond donors (Lipinski definition) is 1. The van der Waals surface area contributed by atoms with Gasteiger partial charge in [-0.2, -0.15) is 0 Å². The maximum atomic E-state index is 10.5. The zero-order valence-electron chi connectivity index (χ0n) is 10.8. The van der Waals surface area contributed by atoms with Gasteiger partial charge in [0.15, 0.2) is 5.13 Å². The summed E-state index contributed by atoms with van der Waals surface area (Å²) in [5.74, 6) is 0.0510. The number of aromatic nitrogens is 1. The van der Waals surface area contributed by atoms with E-state index in [1.54, 1.807) is 11.3 Å². The molecule has 1 unspecified atom stereocenters. The van der Waals surface area contributed by atoms with Crippen LogP contribution in [0.3, 0.4) is 0 Å². The van der Waals surface area contributed by atoms with Crippen LogP contribution < -0.4 is 4.90 Å². The van der Waals surface area contributed by atoms with Crippen LogP contribution in [-0.2, 0) is 11.2 Å². The molecule has 0 spiro atoms. The smallest absolute Gasteiger partial charge is 0.303 e. The second-order valence-electron chi connectivity index (χ2n) is 4.90. The van der Waals surface area contributed by atoms with Crippen LogP contribution in [0.1, 0.15) is 38.3 Å². The third-order valence-electron chi connectivity index (χ3n) is 3.39. The average molecular weight is 268 g/mol. The Hall–Kier alpha value is -1.10. The molecule has 100 valence electrons. The highest BCUT2D eigenvalue weighted by molar-refractivity contribution is 7.13. The maximum absolute atomic E-state index is 10.5. The van der Waals surface area contributed by atoms with E-state index in [1.165, 1.54) is 19.3 Å². The second-order valence-corrected chi connectivity index (χ2v) is 5.74. The van der Waals surface area contributed by atoms with E-state index in [4.69, 9.17) is 5.11 Å². The number of carboxylic acids is 1. The van der Waals surface area contributed by atoms with Crippen LogP contribution in [0.25, 0.3) is 0 Å². The van der Waals surface area contributed by atoms with E-state index in [0.717, 1.165) is 29.8 Å². The predicted molar refractivity (Wildman–Crippen MR) is 73.3 cm³/mol. The standard InChI is InChI=1S/C13H20N2O2S/c1-2-3-10-6-7-15(8-10)13-14-11(9-18-13)4-5-12(16)17/h9-10H,2-8H2,1H3,(H,16,17). The third kappa shape index (κ3) is 3.45. The van der Waals surface area contributed by atoms with Crippen molar-refractivity contribution < 1.29 is 9.90 Å². The van der Waals surface area contributed by atoms with Crippen molar-refractivity contribution in [2.75, 3.05) is 18.0 Å². The van der Waals surface area contributed by atoms with Gasteiger partial charge in [0.05, 0.1) is 12.1 Å². The fraction of sp³-hybridized carbons (Fsp3) is 0.692. The van der Waals surface area contributed by atoms with E-state index in [2.05, 4.69) is 16.8 Å². The topological polar surface area (TPSA) is 53.4 Å². The van der Waals surface area contributed by atoms with E-state index in [0.29, 0.717) is 6.42 Å². The first-order chi connectivity index (χ1) is 8.69. The Kier molecular flexibility index (Phi) is 4.58. The Morgan fingerprint density at radius 2 is 2.50 bits per heavy atom. The summed E-state index contributed by atoms with van der Waals surface area (Å²) in [6.45, 7) is 4.44. The lowest BCUT2D eigenvalue weighted by molar-refractivity contribution is -0.136. The van der Waals surface area contributed by atoms with Gasteiger partial charge in [-0.1, -0.05) is 13.3 Å². The largest absolute Gasteiger partial charge is 0.481 e. The van der Waals surface area contributed by atoms with Crippen LogP contribution in [0.4, 0.5) is 5.13 Å². The first kappa shape index (κ1) is 13.3. The molecule has 1 N–H and O–H groups in total. The number of nitrogens with zero attached hydrogens (tertiary/aromatic N) is 2. The number of thiazole rings is 1. The van der Waals surface area contributed by atoms with E-state index in [1.807, 2.05) is 5.38 Å². The minimum absolute atomic E-state index is 0.168. The van der Waals surface area contributed by atoms with Gasteiger partial charge in [0.2, 0.25) is 0 Å². The lowest BCUT2D eigenvalue weighted by Crippen LogP contribution is -2.19. The molecule has 5 heteroatoms. The fourth-order valence-electron chi connectivity index (χ4n) is 2.44. The quantitative estimate of drug-likeness (QED) is 0.862. The van der Waals surface area contributed by atoms with Crippen LogP contribution >= 0.6 is 11.3 Å². The van der Waals surface area contributed by atoms with Gasteiger partial charge in [-0.3, -0.25) is 4.79 Å². The molecule has 1 aromatic rings. The normalized spacial score (nSPS) is 19.4.